The molecule has 0 saturated carbocycles. The number of amides is 2. The lowest BCUT2D eigenvalue weighted by atomic mass is 10.0. The molecule has 8 heteroatoms. The lowest BCUT2D eigenvalue weighted by molar-refractivity contribution is -0.145. The van der Waals surface area contributed by atoms with Crippen LogP contribution in [0, 0.1) is 0 Å². The van der Waals surface area contributed by atoms with Crippen molar-refractivity contribution in [2.75, 3.05) is 20.7 Å². The molecule has 6 nitrogen and oxygen atoms in total. The Morgan fingerprint density at radius 2 is 1.87 bits per heavy atom. The fraction of sp³-hybridized carbons (Fsp3) is 0.800. The third-order valence-corrected chi connectivity index (χ3v) is 6.39. The quantitative estimate of drug-likeness (QED) is 0.385. The number of rotatable bonds is 9. The first-order valence-corrected chi connectivity index (χ1v) is 9.76. The normalized spacial score (nSPS) is 12.4. The van der Waals surface area contributed by atoms with Gasteiger partial charge in [0.2, 0.25) is 5.91 Å². The van der Waals surface area contributed by atoms with E-state index in [1.807, 2.05) is 0 Å². The van der Waals surface area contributed by atoms with Crippen LogP contribution in [0.4, 0.5) is 4.79 Å². The largest absolute Gasteiger partial charge is 0.467 e. The van der Waals surface area contributed by atoms with Gasteiger partial charge in [-0.25, -0.2) is 4.79 Å². The van der Waals surface area contributed by atoms with Gasteiger partial charge in [0.05, 0.1) is 11.9 Å². The van der Waals surface area contributed by atoms with Gasteiger partial charge in [0.15, 0.2) is 0 Å². The molecule has 0 aliphatic heterocycles. The summed E-state index contributed by atoms with van der Waals surface area (Å²) in [6, 6.07) is -0.819. The van der Waals surface area contributed by atoms with Gasteiger partial charge in [-0.1, -0.05) is 30.6 Å². The molecule has 0 radical (unpaired) electrons. The van der Waals surface area contributed by atoms with Gasteiger partial charge in [0, 0.05) is 31.3 Å². The van der Waals surface area contributed by atoms with Crippen molar-refractivity contribution in [1.82, 2.24) is 10.2 Å². The summed E-state index contributed by atoms with van der Waals surface area (Å²) in [7, 11) is 5.38. The van der Waals surface area contributed by atoms with Crippen LogP contribution >= 0.6 is 21.6 Å². The van der Waals surface area contributed by atoms with E-state index in [0.717, 1.165) is 30.1 Å². The Kier molecular flexibility index (Phi) is 10.4. The van der Waals surface area contributed by atoms with Gasteiger partial charge in [0.25, 0.3) is 5.24 Å². The van der Waals surface area contributed by atoms with Crippen LogP contribution in [0.3, 0.4) is 0 Å². The Morgan fingerprint density at radius 1 is 1.26 bits per heavy atom. The molecular formula is C15H28N2O4S2. The number of hydrogen-bond donors (Lipinski definition) is 1. The predicted molar refractivity (Wildman–Crippen MR) is 96.4 cm³/mol. The molecule has 0 fully saturated rings. The van der Waals surface area contributed by atoms with E-state index in [0.29, 0.717) is 6.54 Å². The molecule has 2 amide bonds. The van der Waals surface area contributed by atoms with E-state index >= 15 is 0 Å². The molecule has 134 valence electrons. The van der Waals surface area contributed by atoms with Crippen molar-refractivity contribution in [1.29, 1.82) is 0 Å². The highest BCUT2D eigenvalue weighted by atomic mass is 33.1. The Balaban J connectivity index is 4.65. The van der Waals surface area contributed by atoms with Crippen LogP contribution in [-0.4, -0.2) is 53.5 Å². The van der Waals surface area contributed by atoms with Crippen molar-refractivity contribution in [2.45, 2.75) is 57.7 Å². The number of methoxy groups -OCH3 is 1. The molecule has 1 N–H and O–H groups in total. The number of ether oxygens (including phenoxy) is 1. The van der Waals surface area contributed by atoms with E-state index in [2.05, 4.69) is 12.2 Å². The fourth-order valence-electron chi connectivity index (χ4n) is 1.78. The van der Waals surface area contributed by atoms with E-state index in [9.17, 15) is 14.4 Å². The first-order valence-electron chi connectivity index (χ1n) is 7.61. The molecule has 0 aromatic heterocycles. The lowest BCUT2D eigenvalue weighted by Gasteiger charge is -2.31. The first-order chi connectivity index (χ1) is 10.7. The zero-order valence-electron chi connectivity index (χ0n) is 14.8. The number of nitrogens with one attached hydrogen (secondary N) is 1. The van der Waals surface area contributed by atoms with Gasteiger partial charge in [-0.3, -0.25) is 9.59 Å². The van der Waals surface area contributed by atoms with Crippen molar-refractivity contribution < 1.29 is 19.1 Å². The zero-order valence-corrected chi connectivity index (χ0v) is 16.4. The third kappa shape index (κ3) is 8.50. The molecule has 0 aromatic carbocycles. The molecule has 0 saturated heterocycles. The van der Waals surface area contributed by atoms with Crippen molar-refractivity contribution in [3.8, 4) is 0 Å². The van der Waals surface area contributed by atoms with Gasteiger partial charge < -0.3 is 15.0 Å². The summed E-state index contributed by atoms with van der Waals surface area (Å²) in [6.07, 6.45) is 3.17. The summed E-state index contributed by atoms with van der Waals surface area (Å²) in [5, 5.41) is 2.53. The Morgan fingerprint density at radius 3 is 2.35 bits per heavy atom. The highest BCUT2D eigenvalue weighted by Crippen LogP contribution is 2.39. The van der Waals surface area contributed by atoms with Gasteiger partial charge in [-0.15, -0.1) is 0 Å². The van der Waals surface area contributed by atoms with E-state index in [4.69, 9.17) is 4.74 Å². The van der Waals surface area contributed by atoms with E-state index < -0.39 is 16.8 Å². The number of carbonyl (C=O) groups is 3. The first kappa shape index (κ1) is 22.1. The molecule has 1 atom stereocenters. The van der Waals surface area contributed by atoms with Crippen molar-refractivity contribution >= 4 is 38.7 Å². The van der Waals surface area contributed by atoms with E-state index in [1.165, 1.54) is 24.8 Å². The minimum Gasteiger partial charge on any atom is -0.467 e. The average Bonchev–Trinajstić information content (AvgIpc) is 2.49. The summed E-state index contributed by atoms with van der Waals surface area (Å²) >= 11 is 0. The van der Waals surface area contributed by atoms with Crippen molar-refractivity contribution in [2.24, 2.45) is 0 Å². The zero-order chi connectivity index (χ0) is 18.0. The summed E-state index contributed by atoms with van der Waals surface area (Å²) < 4.78 is 4.06. The number of esters is 1. The number of hydrogen-bond acceptors (Lipinski definition) is 6. The summed E-state index contributed by atoms with van der Waals surface area (Å²) in [4.78, 5) is 37.0. The van der Waals surface area contributed by atoms with E-state index in [-0.39, 0.29) is 11.1 Å². The topological polar surface area (TPSA) is 75.7 Å². The summed E-state index contributed by atoms with van der Waals surface area (Å²) in [5.41, 5.74) is 0. The fourth-order valence-corrected chi connectivity index (χ4v) is 4.07. The average molecular weight is 365 g/mol. The Labute approximate surface area is 146 Å². The van der Waals surface area contributed by atoms with Gasteiger partial charge in [-0.2, -0.15) is 0 Å². The Bertz CT molecular complexity index is 416. The summed E-state index contributed by atoms with van der Waals surface area (Å²) in [5.74, 6) is -0.843. The van der Waals surface area contributed by atoms with Gasteiger partial charge in [0.1, 0.15) is 6.04 Å². The van der Waals surface area contributed by atoms with Crippen molar-refractivity contribution in [3.05, 3.63) is 0 Å². The second kappa shape index (κ2) is 10.8. The maximum absolute atomic E-state index is 12.1. The molecule has 23 heavy (non-hydrogen) atoms. The van der Waals surface area contributed by atoms with Crippen LogP contribution in [0.2, 0.25) is 0 Å². The highest BCUT2D eigenvalue weighted by Gasteiger charge is 2.38. The number of unbranched alkanes of at least 4 members (excludes halogenated alkanes) is 2. The smallest absolute Gasteiger partial charge is 0.329 e. The highest BCUT2D eigenvalue weighted by molar-refractivity contribution is 8.82. The second-order valence-electron chi connectivity index (χ2n) is 5.82. The lowest BCUT2D eigenvalue weighted by Crippen LogP contribution is -2.52. The van der Waals surface area contributed by atoms with E-state index in [1.54, 1.807) is 25.8 Å². The van der Waals surface area contributed by atoms with Crippen LogP contribution in [0.1, 0.15) is 47.0 Å². The second-order valence-corrected chi connectivity index (χ2v) is 8.56. The standard InChI is InChI=1S/C15H28N2O4S2/c1-7-8-9-10-17(5)14(20)22-23-15(3,4)12(13(19)21-6)16-11(2)18/h12H,7-10H2,1-6H3,(H,16,18). The molecule has 0 aromatic rings. The number of carbonyl (C=O) groups excluding carboxylic acids is 3. The molecule has 0 rings (SSSR count). The van der Waals surface area contributed by atoms with Crippen LogP contribution < -0.4 is 5.32 Å². The van der Waals surface area contributed by atoms with Crippen LogP contribution in [0.5, 0.6) is 0 Å². The molecule has 0 spiro atoms. The van der Waals surface area contributed by atoms with Crippen LogP contribution in [0.25, 0.3) is 0 Å². The molecule has 0 aliphatic rings. The van der Waals surface area contributed by atoms with Gasteiger partial charge in [-0.05, 0) is 20.3 Å². The predicted octanol–water partition coefficient (Wildman–Crippen LogP) is 3.07. The molecule has 0 aliphatic carbocycles. The molecule has 0 heterocycles. The maximum Gasteiger partial charge on any atom is 0.329 e. The Hall–Kier alpha value is -0.890. The summed E-state index contributed by atoms with van der Waals surface area (Å²) in [6.45, 7) is 7.77. The minimum absolute atomic E-state index is 0.0642. The molecule has 0 bridgehead atoms. The van der Waals surface area contributed by atoms with Crippen LogP contribution in [0.15, 0.2) is 0 Å². The monoisotopic (exact) mass is 364 g/mol. The maximum atomic E-state index is 12.1. The van der Waals surface area contributed by atoms with Crippen LogP contribution in [-0.2, 0) is 14.3 Å². The minimum atomic E-state index is -0.819. The molecular weight excluding hydrogens is 336 g/mol. The van der Waals surface area contributed by atoms with Crippen molar-refractivity contribution in [3.63, 3.8) is 0 Å². The third-order valence-electron chi connectivity index (χ3n) is 3.22. The number of nitrogens with zero attached hydrogens (tertiary/aromatic N) is 1. The molecule has 1 unspecified atom stereocenters. The van der Waals surface area contributed by atoms with Gasteiger partial charge >= 0.3 is 5.97 Å². The SMILES string of the molecule is CCCCCN(C)C(=O)SSC(C)(C)C(NC(C)=O)C(=O)OC.